The lowest BCUT2D eigenvalue weighted by Gasteiger charge is -2.44. The Morgan fingerprint density at radius 2 is 1.45 bits per heavy atom. The third-order valence-corrected chi connectivity index (χ3v) is 9.13. The summed E-state index contributed by atoms with van der Waals surface area (Å²) in [5.74, 6) is 0.692. The molecule has 1 aromatic rings. The summed E-state index contributed by atoms with van der Waals surface area (Å²) >= 11 is 0. The van der Waals surface area contributed by atoms with Crippen LogP contribution in [-0.2, 0) is 8.85 Å². The fraction of sp³-hybridized carbons (Fsp3) is 0.448. The number of hydrogen-bond acceptors (Lipinski definition) is 2. The maximum absolute atomic E-state index is 6.48. The van der Waals surface area contributed by atoms with Crippen molar-refractivity contribution >= 4 is 22.7 Å². The second kappa shape index (κ2) is 9.49. The van der Waals surface area contributed by atoms with E-state index in [9.17, 15) is 0 Å². The summed E-state index contributed by atoms with van der Waals surface area (Å²) < 4.78 is 13.0. The fourth-order valence-corrected chi connectivity index (χ4v) is 6.91. The van der Waals surface area contributed by atoms with Gasteiger partial charge in [0.25, 0.3) is 0 Å². The molecule has 0 spiro atoms. The van der Waals surface area contributed by atoms with Crippen molar-refractivity contribution in [3.05, 3.63) is 89.1 Å². The Morgan fingerprint density at radius 1 is 0.788 bits per heavy atom. The van der Waals surface area contributed by atoms with Crippen molar-refractivity contribution in [1.29, 1.82) is 0 Å². The van der Waals surface area contributed by atoms with Crippen LogP contribution in [0.1, 0.15) is 29.9 Å². The van der Waals surface area contributed by atoms with E-state index in [4.69, 9.17) is 8.85 Å². The van der Waals surface area contributed by atoms with Gasteiger partial charge in [0.1, 0.15) is 0 Å². The van der Waals surface area contributed by atoms with Crippen molar-refractivity contribution in [3.8, 4) is 0 Å². The Bertz CT molecular complexity index is 995. The molecule has 0 saturated carbocycles. The zero-order valence-electron chi connectivity index (χ0n) is 21.2. The molecule has 4 rings (SSSR count). The van der Waals surface area contributed by atoms with Gasteiger partial charge >= 0.3 is 0 Å². The van der Waals surface area contributed by atoms with Gasteiger partial charge in [0.15, 0.2) is 16.6 Å². The Hall–Kier alpha value is -1.73. The van der Waals surface area contributed by atoms with Gasteiger partial charge in [-0.25, -0.2) is 0 Å². The second-order valence-electron chi connectivity index (χ2n) is 11.6. The Kier molecular flexibility index (Phi) is 7.02. The van der Waals surface area contributed by atoms with E-state index in [1.807, 2.05) is 0 Å². The highest BCUT2D eigenvalue weighted by Crippen LogP contribution is 2.56. The molecule has 0 amide bonds. The van der Waals surface area contributed by atoms with Crippen LogP contribution in [0.4, 0.5) is 0 Å². The second-order valence-corrected chi connectivity index (χ2v) is 20.6. The number of benzene rings is 1. The van der Waals surface area contributed by atoms with Crippen LogP contribution in [0, 0.1) is 11.3 Å². The van der Waals surface area contributed by atoms with Crippen molar-refractivity contribution < 1.29 is 8.85 Å². The van der Waals surface area contributed by atoms with E-state index in [1.165, 1.54) is 22.3 Å². The zero-order valence-corrected chi connectivity index (χ0v) is 23.2. The molecule has 0 fully saturated rings. The van der Waals surface area contributed by atoms with Gasteiger partial charge in [-0.15, -0.1) is 0 Å². The van der Waals surface area contributed by atoms with Gasteiger partial charge in [-0.3, -0.25) is 0 Å². The van der Waals surface area contributed by atoms with Crippen molar-refractivity contribution in [2.24, 2.45) is 11.3 Å². The molecule has 0 N–H and O–H groups in total. The van der Waals surface area contributed by atoms with Crippen LogP contribution in [0.3, 0.4) is 0 Å². The molecule has 0 saturated heterocycles. The quantitative estimate of drug-likeness (QED) is 0.320. The molecule has 4 heteroatoms. The summed E-state index contributed by atoms with van der Waals surface area (Å²) in [6.07, 6.45) is 20.6. The van der Waals surface area contributed by atoms with E-state index in [0.717, 1.165) is 26.1 Å². The van der Waals surface area contributed by atoms with Crippen LogP contribution < -0.4 is 0 Å². The lowest BCUT2D eigenvalue weighted by molar-refractivity contribution is 0.156. The van der Waals surface area contributed by atoms with Crippen molar-refractivity contribution in [3.63, 3.8) is 0 Å². The van der Waals surface area contributed by atoms with Gasteiger partial charge in [-0.2, -0.15) is 0 Å². The normalized spacial score (nSPS) is 21.8. The lowest BCUT2D eigenvalue weighted by atomic mass is 9.61. The van der Waals surface area contributed by atoms with Gasteiger partial charge < -0.3 is 8.85 Å². The molecule has 0 aromatic heterocycles. The first-order valence-corrected chi connectivity index (χ1v) is 19.2. The lowest BCUT2D eigenvalue weighted by Crippen LogP contribution is -2.38. The van der Waals surface area contributed by atoms with Gasteiger partial charge in [0.2, 0.25) is 0 Å². The summed E-state index contributed by atoms with van der Waals surface area (Å²) in [6.45, 7) is 15.3. The largest absolute Gasteiger partial charge is 0.418 e. The molecule has 0 heterocycles. The SMILES string of the molecule is C[Si](C)(C)OCCC(CCO[Si](C)(C)C)(C1=CC=C2C=CC=CC21)C1C=Cc2ccccc21. The number of fused-ring (bicyclic) bond motifs is 2. The standard InChI is InChI=1S/C29H40O2Si2/c1-32(2,3)30-21-19-29(20-22-31-33(4,5)6,27-17-15-23-11-7-9-13-25(23)27)28-18-16-24-12-8-10-14-26(24)28/h7-18,25,28H,19-22H2,1-6H3. The average Bonchev–Trinajstić information content (AvgIpc) is 3.36. The van der Waals surface area contributed by atoms with E-state index in [1.54, 1.807) is 0 Å². The maximum Gasteiger partial charge on any atom is 0.183 e. The summed E-state index contributed by atoms with van der Waals surface area (Å²) in [5.41, 5.74) is 5.70. The predicted molar refractivity (Wildman–Crippen MR) is 146 cm³/mol. The third-order valence-electron chi connectivity index (χ3n) is 6.99. The monoisotopic (exact) mass is 476 g/mol. The smallest absolute Gasteiger partial charge is 0.183 e. The molecule has 0 radical (unpaired) electrons. The molecule has 3 aliphatic carbocycles. The number of hydrogen-bond donors (Lipinski definition) is 0. The van der Waals surface area contributed by atoms with Gasteiger partial charge in [0, 0.05) is 30.5 Å². The first kappa shape index (κ1) is 24.4. The Labute approximate surface area is 203 Å². The molecular formula is C29H40O2Si2. The van der Waals surface area contributed by atoms with Crippen LogP contribution in [0.5, 0.6) is 0 Å². The molecule has 2 nitrogen and oxygen atoms in total. The minimum Gasteiger partial charge on any atom is -0.418 e. The van der Waals surface area contributed by atoms with Crippen LogP contribution in [0.2, 0.25) is 39.3 Å². The summed E-state index contributed by atoms with van der Waals surface area (Å²) in [6, 6.07) is 8.92. The highest BCUT2D eigenvalue weighted by molar-refractivity contribution is 6.70. The topological polar surface area (TPSA) is 18.5 Å². The Balaban J connectivity index is 1.75. The van der Waals surface area contributed by atoms with Gasteiger partial charge in [-0.05, 0) is 68.8 Å². The third kappa shape index (κ3) is 5.51. The van der Waals surface area contributed by atoms with Crippen LogP contribution in [-0.4, -0.2) is 29.8 Å². The fourth-order valence-electron chi connectivity index (χ4n) is 5.48. The van der Waals surface area contributed by atoms with E-state index in [0.29, 0.717) is 11.8 Å². The molecule has 2 atom stereocenters. The highest BCUT2D eigenvalue weighted by Gasteiger charge is 2.46. The molecular weight excluding hydrogens is 436 g/mol. The van der Waals surface area contributed by atoms with Crippen molar-refractivity contribution in [2.45, 2.75) is 58.0 Å². The minimum absolute atomic E-state index is 0.0408. The molecule has 1 aromatic carbocycles. The van der Waals surface area contributed by atoms with E-state index in [-0.39, 0.29) is 5.41 Å². The van der Waals surface area contributed by atoms with Crippen LogP contribution >= 0.6 is 0 Å². The first-order chi connectivity index (χ1) is 15.6. The summed E-state index contributed by atoms with van der Waals surface area (Å²) in [5, 5.41) is 0. The van der Waals surface area contributed by atoms with E-state index >= 15 is 0 Å². The zero-order chi connectivity index (χ0) is 23.7. The van der Waals surface area contributed by atoms with Gasteiger partial charge in [0.05, 0.1) is 0 Å². The molecule has 0 bridgehead atoms. The summed E-state index contributed by atoms with van der Waals surface area (Å²) in [4.78, 5) is 0. The van der Waals surface area contributed by atoms with Crippen LogP contribution in [0.15, 0.2) is 77.9 Å². The van der Waals surface area contributed by atoms with Crippen LogP contribution in [0.25, 0.3) is 6.08 Å². The predicted octanol–water partition coefficient (Wildman–Crippen LogP) is 7.88. The molecule has 33 heavy (non-hydrogen) atoms. The molecule has 0 aliphatic heterocycles. The molecule has 176 valence electrons. The van der Waals surface area contributed by atoms with Gasteiger partial charge in [-0.1, -0.05) is 78.4 Å². The summed E-state index contributed by atoms with van der Waals surface area (Å²) in [7, 11) is -3.21. The van der Waals surface area contributed by atoms with Crippen molar-refractivity contribution in [1.82, 2.24) is 0 Å². The number of rotatable bonds is 10. The Morgan fingerprint density at radius 3 is 2.12 bits per heavy atom. The molecule has 2 unspecified atom stereocenters. The maximum atomic E-state index is 6.48. The highest BCUT2D eigenvalue weighted by atomic mass is 28.4. The first-order valence-electron chi connectivity index (χ1n) is 12.4. The van der Waals surface area contributed by atoms with E-state index in [2.05, 4.69) is 112 Å². The van der Waals surface area contributed by atoms with Crippen molar-refractivity contribution in [2.75, 3.05) is 13.2 Å². The number of allylic oxidation sites excluding steroid dienone is 9. The van der Waals surface area contributed by atoms with E-state index < -0.39 is 16.6 Å². The molecule has 3 aliphatic rings. The minimum atomic E-state index is -1.60. The average molecular weight is 477 g/mol.